The molecule has 1 aromatic heterocycles. The molecule has 0 radical (unpaired) electrons. The van der Waals surface area contributed by atoms with Crippen molar-refractivity contribution in [2.24, 2.45) is 0 Å². The monoisotopic (exact) mass is 300 g/mol. The first kappa shape index (κ1) is 15.0. The number of hydrogen-bond donors (Lipinski definition) is 1. The highest BCUT2D eigenvalue weighted by Crippen LogP contribution is 2.14. The molecule has 1 aliphatic heterocycles. The van der Waals surface area contributed by atoms with Crippen molar-refractivity contribution >= 4 is 15.9 Å². The number of nitrogens with one attached hydrogen (secondary N) is 1. The second-order valence-electron chi connectivity index (χ2n) is 5.27. The number of hydrogen-bond acceptors (Lipinski definition) is 4. The number of rotatable bonds is 4. The van der Waals surface area contributed by atoms with Gasteiger partial charge in [-0.25, -0.2) is 13.4 Å². The molecule has 0 saturated heterocycles. The van der Waals surface area contributed by atoms with Crippen LogP contribution in [0.25, 0.3) is 0 Å². The third kappa shape index (κ3) is 3.57. The van der Waals surface area contributed by atoms with Crippen LogP contribution in [-0.4, -0.2) is 54.1 Å². The second-order valence-corrected chi connectivity index (χ2v) is 7.36. The lowest BCUT2D eigenvalue weighted by molar-refractivity contribution is -0.122. The van der Waals surface area contributed by atoms with Gasteiger partial charge in [0.15, 0.2) is 0 Å². The average molecular weight is 300 g/mol. The molecular formula is C12H20N4O3S. The summed E-state index contributed by atoms with van der Waals surface area (Å²) >= 11 is 0. The number of likely N-dealkylation sites (N-methyl/N-ethyl adjacent to an activating group) is 1. The van der Waals surface area contributed by atoms with Gasteiger partial charge in [0.05, 0.1) is 18.5 Å². The minimum Gasteiger partial charge on any atom is -0.350 e. The SMILES string of the molecule is Cc1cn2c(n1)CC[C@@H](NC(=O)CN(C)S(C)(=O)=O)C2. The highest BCUT2D eigenvalue weighted by atomic mass is 32.2. The Labute approximate surface area is 119 Å². The number of aromatic nitrogens is 2. The number of carbonyl (C=O) groups excluding carboxylic acids is 1. The molecule has 0 spiro atoms. The quantitative estimate of drug-likeness (QED) is 0.813. The molecule has 2 heterocycles. The predicted molar refractivity (Wildman–Crippen MR) is 74.7 cm³/mol. The van der Waals surface area contributed by atoms with Crippen LogP contribution < -0.4 is 5.32 Å². The molecule has 0 bridgehead atoms. The lowest BCUT2D eigenvalue weighted by atomic mass is 10.1. The number of fused-ring (bicyclic) bond motifs is 1. The van der Waals surface area contributed by atoms with Crippen LogP contribution in [0.4, 0.5) is 0 Å². The Hall–Kier alpha value is -1.41. The summed E-state index contributed by atoms with van der Waals surface area (Å²) in [5.74, 6) is 0.768. The number of amides is 1. The zero-order valence-electron chi connectivity index (χ0n) is 12.0. The lowest BCUT2D eigenvalue weighted by Gasteiger charge is -2.25. The van der Waals surface area contributed by atoms with E-state index in [4.69, 9.17) is 0 Å². The van der Waals surface area contributed by atoms with E-state index in [9.17, 15) is 13.2 Å². The zero-order chi connectivity index (χ0) is 14.9. The van der Waals surface area contributed by atoms with E-state index in [0.717, 1.165) is 34.9 Å². The van der Waals surface area contributed by atoms with Gasteiger partial charge in [-0.15, -0.1) is 0 Å². The summed E-state index contributed by atoms with van der Waals surface area (Å²) in [6.45, 7) is 2.48. The van der Waals surface area contributed by atoms with Crippen LogP contribution in [0, 0.1) is 6.92 Å². The minimum absolute atomic E-state index is 0.0246. The molecule has 20 heavy (non-hydrogen) atoms. The van der Waals surface area contributed by atoms with E-state index < -0.39 is 10.0 Å². The van der Waals surface area contributed by atoms with E-state index >= 15 is 0 Å². The zero-order valence-corrected chi connectivity index (χ0v) is 12.8. The van der Waals surface area contributed by atoms with Crippen molar-refractivity contribution in [1.29, 1.82) is 0 Å². The Kier molecular flexibility index (Phi) is 4.14. The number of sulfonamides is 1. The van der Waals surface area contributed by atoms with E-state index in [0.29, 0.717) is 6.54 Å². The third-order valence-corrected chi connectivity index (χ3v) is 4.67. The maximum atomic E-state index is 11.8. The molecule has 2 rings (SSSR count). The van der Waals surface area contributed by atoms with Crippen molar-refractivity contribution in [3.05, 3.63) is 17.7 Å². The molecule has 0 aliphatic carbocycles. The maximum Gasteiger partial charge on any atom is 0.235 e. The highest BCUT2D eigenvalue weighted by Gasteiger charge is 2.22. The molecule has 1 N–H and O–H groups in total. The Morgan fingerprint density at radius 3 is 2.95 bits per heavy atom. The van der Waals surface area contributed by atoms with Crippen LogP contribution in [0.3, 0.4) is 0 Å². The van der Waals surface area contributed by atoms with Crippen LogP contribution >= 0.6 is 0 Å². The number of carbonyl (C=O) groups is 1. The van der Waals surface area contributed by atoms with Crippen LogP contribution in [-0.2, 0) is 27.8 Å². The van der Waals surface area contributed by atoms with Crippen LogP contribution in [0.5, 0.6) is 0 Å². The van der Waals surface area contributed by atoms with Crippen molar-refractivity contribution in [3.63, 3.8) is 0 Å². The van der Waals surface area contributed by atoms with Gasteiger partial charge in [0.1, 0.15) is 5.82 Å². The molecular weight excluding hydrogens is 280 g/mol. The van der Waals surface area contributed by atoms with Gasteiger partial charge < -0.3 is 9.88 Å². The van der Waals surface area contributed by atoms with Gasteiger partial charge in [-0.2, -0.15) is 4.31 Å². The molecule has 0 saturated carbocycles. The second kappa shape index (κ2) is 5.53. The number of nitrogens with zero attached hydrogens (tertiary/aromatic N) is 3. The Morgan fingerprint density at radius 1 is 1.60 bits per heavy atom. The molecule has 0 unspecified atom stereocenters. The standard InChI is InChI=1S/C12H20N4O3S/c1-9-6-16-7-10(4-5-11(16)13-9)14-12(17)8-15(2)20(3,18)19/h6,10H,4-5,7-8H2,1-3H3,(H,14,17)/t10-/m1/s1. The number of imidazole rings is 1. The molecule has 1 aromatic rings. The third-order valence-electron chi connectivity index (χ3n) is 3.41. The first-order chi connectivity index (χ1) is 9.25. The molecule has 0 fully saturated rings. The summed E-state index contributed by atoms with van der Waals surface area (Å²) in [5.41, 5.74) is 0.976. The van der Waals surface area contributed by atoms with Gasteiger partial charge in [-0.3, -0.25) is 4.79 Å². The smallest absolute Gasteiger partial charge is 0.235 e. The van der Waals surface area contributed by atoms with Crippen molar-refractivity contribution in [2.45, 2.75) is 32.4 Å². The predicted octanol–water partition coefficient (Wildman–Crippen LogP) is -0.486. The molecule has 1 amide bonds. The summed E-state index contributed by atoms with van der Waals surface area (Å²) in [7, 11) is -1.93. The maximum absolute atomic E-state index is 11.8. The number of aryl methyl sites for hydroxylation is 2. The van der Waals surface area contributed by atoms with E-state index in [2.05, 4.69) is 10.3 Å². The molecule has 1 aliphatic rings. The Bertz CT molecular complexity index is 608. The van der Waals surface area contributed by atoms with E-state index in [-0.39, 0.29) is 18.5 Å². The highest BCUT2D eigenvalue weighted by molar-refractivity contribution is 7.88. The van der Waals surface area contributed by atoms with Crippen molar-refractivity contribution < 1.29 is 13.2 Å². The van der Waals surface area contributed by atoms with Crippen molar-refractivity contribution in [3.8, 4) is 0 Å². The summed E-state index contributed by atoms with van der Waals surface area (Å²) in [4.78, 5) is 16.3. The van der Waals surface area contributed by atoms with Gasteiger partial charge in [-0.1, -0.05) is 0 Å². The van der Waals surface area contributed by atoms with E-state index in [1.807, 2.05) is 17.7 Å². The van der Waals surface area contributed by atoms with Gasteiger partial charge >= 0.3 is 0 Å². The van der Waals surface area contributed by atoms with Gasteiger partial charge in [0.25, 0.3) is 0 Å². The first-order valence-electron chi connectivity index (χ1n) is 6.49. The van der Waals surface area contributed by atoms with Crippen molar-refractivity contribution in [2.75, 3.05) is 19.8 Å². The summed E-state index contributed by atoms with van der Waals surface area (Å²) in [5, 5.41) is 2.88. The molecule has 1 atom stereocenters. The first-order valence-corrected chi connectivity index (χ1v) is 8.34. The molecule has 7 nitrogen and oxygen atoms in total. The molecule has 112 valence electrons. The fourth-order valence-electron chi connectivity index (χ4n) is 2.30. The van der Waals surface area contributed by atoms with E-state index in [1.54, 1.807) is 0 Å². The van der Waals surface area contributed by atoms with Crippen LogP contribution in [0.1, 0.15) is 17.9 Å². The van der Waals surface area contributed by atoms with Crippen molar-refractivity contribution in [1.82, 2.24) is 19.2 Å². The lowest BCUT2D eigenvalue weighted by Crippen LogP contribution is -2.45. The Balaban J connectivity index is 1.91. The summed E-state index contributed by atoms with van der Waals surface area (Å²) in [6.07, 6.45) is 4.70. The fraction of sp³-hybridized carbons (Fsp3) is 0.667. The minimum atomic E-state index is -3.33. The average Bonchev–Trinajstić information content (AvgIpc) is 2.66. The Morgan fingerprint density at radius 2 is 2.30 bits per heavy atom. The van der Waals surface area contributed by atoms with Crippen LogP contribution in [0.15, 0.2) is 6.20 Å². The summed E-state index contributed by atoms with van der Waals surface area (Å²) in [6, 6.07) is 0.0246. The van der Waals surface area contributed by atoms with Gasteiger partial charge in [-0.05, 0) is 13.3 Å². The van der Waals surface area contributed by atoms with E-state index in [1.165, 1.54) is 7.05 Å². The molecule has 8 heteroatoms. The van der Waals surface area contributed by atoms with Gasteiger partial charge in [0.2, 0.25) is 15.9 Å². The molecule has 0 aromatic carbocycles. The normalized spacial score (nSPS) is 18.9. The van der Waals surface area contributed by atoms with Crippen LogP contribution in [0.2, 0.25) is 0 Å². The summed E-state index contributed by atoms with van der Waals surface area (Å²) < 4.78 is 25.6. The fourth-order valence-corrected chi connectivity index (χ4v) is 2.65. The topological polar surface area (TPSA) is 84.3 Å². The van der Waals surface area contributed by atoms with Gasteiger partial charge in [0, 0.05) is 32.3 Å². The largest absolute Gasteiger partial charge is 0.350 e.